The SMILES string of the molecule is C=C=COc1ccccc1C(=O)OC. The van der Waals surface area contributed by atoms with Gasteiger partial charge in [-0.1, -0.05) is 24.4 Å². The fourth-order valence-electron chi connectivity index (χ4n) is 0.953. The molecule has 0 aliphatic rings. The van der Waals surface area contributed by atoms with Crippen LogP contribution in [0.2, 0.25) is 0 Å². The molecule has 3 heteroatoms. The Balaban J connectivity index is 3.02. The van der Waals surface area contributed by atoms with Gasteiger partial charge in [-0.3, -0.25) is 0 Å². The molecule has 0 N–H and O–H groups in total. The van der Waals surface area contributed by atoms with Crippen LogP contribution in [0.15, 0.2) is 42.8 Å². The van der Waals surface area contributed by atoms with Crippen molar-refractivity contribution in [3.8, 4) is 5.75 Å². The number of hydrogen-bond donors (Lipinski definition) is 0. The molecule has 0 fully saturated rings. The molecule has 0 spiro atoms. The first kappa shape index (κ1) is 10.1. The van der Waals surface area contributed by atoms with E-state index in [9.17, 15) is 4.79 Å². The van der Waals surface area contributed by atoms with Crippen molar-refractivity contribution >= 4 is 5.97 Å². The predicted octanol–water partition coefficient (Wildman–Crippen LogP) is 2.15. The highest BCUT2D eigenvalue weighted by molar-refractivity contribution is 5.92. The molecule has 0 saturated heterocycles. The highest BCUT2D eigenvalue weighted by Crippen LogP contribution is 2.18. The summed E-state index contributed by atoms with van der Waals surface area (Å²) < 4.78 is 9.70. The number of benzene rings is 1. The molecule has 14 heavy (non-hydrogen) atoms. The predicted molar refractivity (Wildman–Crippen MR) is 52.1 cm³/mol. The van der Waals surface area contributed by atoms with Crippen molar-refractivity contribution in [1.82, 2.24) is 0 Å². The third-order valence-electron chi connectivity index (χ3n) is 1.56. The van der Waals surface area contributed by atoms with E-state index in [1.165, 1.54) is 13.4 Å². The third-order valence-corrected chi connectivity index (χ3v) is 1.56. The summed E-state index contributed by atoms with van der Waals surface area (Å²) in [5, 5.41) is 0. The Kier molecular flexibility index (Phi) is 3.53. The summed E-state index contributed by atoms with van der Waals surface area (Å²) in [5.74, 6) is -0.00596. The number of carbonyl (C=O) groups excluding carboxylic acids is 1. The van der Waals surface area contributed by atoms with Crippen molar-refractivity contribution < 1.29 is 14.3 Å². The highest BCUT2D eigenvalue weighted by atomic mass is 16.5. The lowest BCUT2D eigenvalue weighted by molar-refractivity contribution is 0.0598. The summed E-state index contributed by atoms with van der Waals surface area (Å²) in [6.07, 6.45) is 1.28. The van der Waals surface area contributed by atoms with Crippen LogP contribution in [-0.2, 0) is 4.74 Å². The Bertz CT molecular complexity index is 376. The molecular formula is C11H10O3. The number of rotatable bonds is 3. The van der Waals surface area contributed by atoms with Crippen molar-refractivity contribution in [3.63, 3.8) is 0 Å². The van der Waals surface area contributed by atoms with E-state index >= 15 is 0 Å². The van der Waals surface area contributed by atoms with E-state index in [2.05, 4.69) is 17.0 Å². The number of methoxy groups -OCH3 is 1. The fourth-order valence-corrected chi connectivity index (χ4v) is 0.953. The van der Waals surface area contributed by atoms with Crippen LogP contribution in [0, 0.1) is 0 Å². The molecule has 72 valence electrons. The highest BCUT2D eigenvalue weighted by Gasteiger charge is 2.10. The normalized spacial score (nSPS) is 8.64. The standard InChI is InChI=1S/C11H10O3/c1-3-8-14-10-7-5-4-6-9(10)11(12)13-2/h4-8H,1H2,2H3. The van der Waals surface area contributed by atoms with Crippen molar-refractivity contribution in [2.45, 2.75) is 0 Å². The van der Waals surface area contributed by atoms with E-state index in [4.69, 9.17) is 4.74 Å². The van der Waals surface area contributed by atoms with Crippen molar-refractivity contribution in [2.75, 3.05) is 7.11 Å². The average molecular weight is 190 g/mol. The van der Waals surface area contributed by atoms with E-state index in [-0.39, 0.29) is 0 Å². The zero-order valence-electron chi connectivity index (χ0n) is 7.82. The molecule has 0 unspecified atom stereocenters. The Morgan fingerprint density at radius 3 is 2.86 bits per heavy atom. The maximum absolute atomic E-state index is 11.2. The Morgan fingerprint density at radius 1 is 1.50 bits per heavy atom. The van der Waals surface area contributed by atoms with Gasteiger partial charge in [0, 0.05) is 0 Å². The number of carbonyl (C=O) groups is 1. The molecule has 1 aromatic rings. The minimum absolute atomic E-state index is 0.376. The second-order valence-corrected chi connectivity index (χ2v) is 2.43. The second kappa shape index (κ2) is 4.90. The summed E-state index contributed by atoms with van der Waals surface area (Å²) in [7, 11) is 1.32. The lowest BCUT2D eigenvalue weighted by Crippen LogP contribution is -2.03. The maximum Gasteiger partial charge on any atom is 0.341 e. The van der Waals surface area contributed by atoms with Crippen LogP contribution in [0.1, 0.15) is 10.4 Å². The minimum atomic E-state index is -0.432. The Hall–Kier alpha value is -1.99. The molecular weight excluding hydrogens is 180 g/mol. The molecule has 0 bridgehead atoms. The first-order chi connectivity index (χ1) is 6.79. The second-order valence-electron chi connectivity index (χ2n) is 2.43. The van der Waals surface area contributed by atoms with Crippen molar-refractivity contribution in [3.05, 3.63) is 48.4 Å². The Labute approximate surface area is 82.3 Å². The molecule has 0 heterocycles. The first-order valence-electron chi connectivity index (χ1n) is 3.98. The third kappa shape index (κ3) is 2.25. The van der Waals surface area contributed by atoms with Gasteiger partial charge in [0.25, 0.3) is 0 Å². The van der Waals surface area contributed by atoms with Crippen LogP contribution in [0.25, 0.3) is 0 Å². The summed E-state index contributed by atoms with van der Waals surface area (Å²) >= 11 is 0. The first-order valence-corrected chi connectivity index (χ1v) is 3.98. The van der Waals surface area contributed by atoms with Crippen molar-refractivity contribution in [2.24, 2.45) is 0 Å². The smallest absolute Gasteiger partial charge is 0.341 e. The van der Waals surface area contributed by atoms with E-state index in [0.29, 0.717) is 11.3 Å². The van der Waals surface area contributed by atoms with Crippen LogP contribution in [0.3, 0.4) is 0 Å². The molecule has 0 atom stereocenters. The quantitative estimate of drug-likeness (QED) is 0.416. The number of esters is 1. The summed E-state index contributed by atoms with van der Waals surface area (Å²) in [6.45, 7) is 3.35. The molecule has 3 nitrogen and oxygen atoms in total. The monoisotopic (exact) mass is 190 g/mol. The van der Waals surface area contributed by atoms with Gasteiger partial charge in [0.2, 0.25) is 0 Å². The molecule has 0 saturated carbocycles. The lowest BCUT2D eigenvalue weighted by atomic mass is 10.2. The largest absolute Gasteiger partial charge is 0.465 e. The summed E-state index contributed by atoms with van der Waals surface area (Å²) in [6, 6.07) is 6.79. The molecule has 1 aromatic carbocycles. The number of para-hydroxylation sites is 1. The van der Waals surface area contributed by atoms with Gasteiger partial charge in [-0.05, 0) is 12.1 Å². The zero-order chi connectivity index (χ0) is 10.4. The van der Waals surface area contributed by atoms with Gasteiger partial charge in [-0.2, -0.15) is 0 Å². The minimum Gasteiger partial charge on any atom is -0.465 e. The van der Waals surface area contributed by atoms with E-state index in [0.717, 1.165) is 0 Å². The summed E-state index contributed by atoms with van der Waals surface area (Å²) in [5.41, 5.74) is 2.83. The van der Waals surface area contributed by atoms with E-state index in [1.807, 2.05) is 0 Å². The van der Waals surface area contributed by atoms with Gasteiger partial charge in [-0.15, -0.1) is 0 Å². The van der Waals surface area contributed by atoms with Crippen LogP contribution >= 0.6 is 0 Å². The van der Waals surface area contributed by atoms with Crippen molar-refractivity contribution in [1.29, 1.82) is 0 Å². The fraction of sp³-hybridized carbons (Fsp3) is 0.0909. The average Bonchev–Trinajstić information content (AvgIpc) is 2.25. The van der Waals surface area contributed by atoms with Crippen LogP contribution in [0.5, 0.6) is 5.75 Å². The number of hydrogen-bond acceptors (Lipinski definition) is 3. The lowest BCUT2D eigenvalue weighted by Gasteiger charge is -2.04. The maximum atomic E-state index is 11.2. The zero-order valence-corrected chi connectivity index (χ0v) is 7.82. The van der Waals surface area contributed by atoms with E-state index < -0.39 is 5.97 Å². The van der Waals surface area contributed by atoms with Gasteiger partial charge in [0.1, 0.15) is 17.6 Å². The van der Waals surface area contributed by atoms with Gasteiger partial charge < -0.3 is 9.47 Å². The molecule has 0 aliphatic carbocycles. The molecule has 0 amide bonds. The van der Waals surface area contributed by atoms with Crippen LogP contribution in [-0.4, -0.2) is 13.1 Å². The molecule has 1 rings (SSSR count). The van der Waals surface area contributed by atoms with Gasteiger partial charge in [0.05, 0.1) is 7.11 Å². The molecule has 0 aliphatic heterocycles. The molecule has 0 radical (unpaired) electrons. The van der Waals surface area contributed by atoms with Crippen LogP contribution in [0.4, 0.5) is 0 Å². The van der Waals surface area contributed by atoms with E-state index in [1.54, 1.807) is 24.3 Å². The van der Waals surface area contributed by atoms with Crippen LogP contribution < -0.4 is 4.74 Å². The van der Waals surface area contributed by atoms with Gasteiger partial charge >= 0.3 is 5.97 Å². The summed E-state index contributed by atoms with van der Waals surface area (Å²) in [4.78, 5) is 11.2. The molecule has 0 aromatic heterocycles. The number of ether oxygens (including phenoxy) is 2. The topological polar surface area (TPSA) is 35.5 Å². The van der Waals surface area contributed by atoms with Gasteiger partial charge in [0.15, 0.2) is 0 Å². The van der Waals surface area contributed by atoms with Gasteiger partial charge in [-0.25, -0.2) is 4.79 Å². The Morgan fingerprint density at radius 2 is 2.21 bits per heavy atom.